The van der Waals surface area contributed by atoms with Gasteiger partial charge in [0.1, 0.15) is 12.4 Å². The Morgan fingerprint density at radius 1 is 1.09 bits per heavy atom. The average molecular weight is 311 g/mol. The first-order valence-corrected chi connectivity index (χ1v) is 7.64. The van der Waals surface area contributed by atoms with E-state index in [-0.39, 0.29) is 12.4 Å². The van der Waals surface area contributed by atoms with Gasteiger partial charge in [-0.3, -0.25) is 9.79 Å². The summed E-state index contributed by atoms with van der Waals surface area (Å²) in [5.74, 6) is 0.490. The molecule has 0 bridgehead atoms. The van der Waals surface area contributed by atoms with E-state index in [1.165, 1.54) is 0 Å². The molecule has 0 saturated heterocycles. The molecule has 4 nitrogen and oxygen atoms in total. The second kappa shape index (κ2) is 8.73. The van der Waals surface area contributed by atoms with Gasteiger partial charge in [-0.15, -0.1) is 0 Å². The van der Waals surface area contributed by atoms with Gasteiger partial charge in [-0.1, -0.05) is 36.4 Å². The Bertz CT molecular complexity index is 665. The van der Waals surface area contributed by atoms with Crippen LogP contribution in [-0.4, -0.2) is 18.3 Å². The third kappa shape index (κ3) is 5.94. The molecule has 0 unspecified atom stereocenters. The maximum absolute atomic E-state index is 11.4. The van der Waals surface area contributed by atoms with Crippen LogP contribution in [0.1, 0.15) is 25.8 Å². The minimum absolute atomic E-state index is 0.197. The van der Waals surface area contributed by atoms with Gasteiger partial charge < -0.3 is 9.47 Å². The molecule has 0 aliphatic heterocycles. The van der Waals surface area contributed by atoms with Gasteiger partial charge in [-0.25, -0.2) is 0 Å². The fourth-order valence-corrected chi connectivity index (χ4v) is 2.06. The molecular formula is C19H21NO3. The number of ether oxygens (including phenoxy) is 2. The molecule has 0 N–H and O–H groups in total. The molecule has 23 heavy (non-hydrogen) atoms. The van der Waals surface area contributed by atoms with Gasteiger partial charge in [0, 0.05) is 11.8 Å². The Balaban J connectivity index is 1.97. The molecule has 0 amide bonds. The minimum Gasteiger partial charge on any atom is -0.489 e. The van der Waals surface area contributed by atoms with Crippen LogP contribution >= 0.6 is 0 Å². The first kappa shape index (κ1) is 16.7. The summed E-state index contributed by atoms with van der Waals surface area (Å²) in [5, 5.41) is 0. The molecule has 0 aliphatic carbocycles. The van der Waals surface area contributed by atoms with Crippen LogP contribution < -0.4 is 4.74 Å². The summed E-state index contributed by atoms with van der Waals surface area (Å²) in [5.41, 5.74) is 2.58. The van der Waals surface area contributed by atoms with Crippen molar-refractivity contribution < 1.29 is 14.3 Å². The quantitative estimate of drug-likeness (QED) is 0.565. The zero-order valence-corrected chi connectivity index (χ0v) is 13.5. The van der Waals surface area contributed by atoms with Crippen LogP contribution in [0.2, 0.25) is 0 Å². The molecule has 2 aromatic carbocycles. The highest BCUT2D eigenvalue weighted by Gasteiger charge is 2.04. The number of carbonyl (C=O) groups is 1. The Kier molecular flexibility index (Phi) is 6.36. The van der Waals surface area contributed by atoms with E-state index in [4.69, 9.17) is 9.47 Å². The highest BCUT2D eigenvalue weighted by Crippen LogP contribution is 2.21. The maximum atomic E-state index is 11.4. The van der Waals surface area contributed by atoms with E-state index in [0.29, 0.717) is 18.9 Å². The van der Waals surface area contributed by atoms with Crippen LogP contribution in [0, 0.1) is 0 Å². The lowest BCUT2D eigenvalue weighted by molar-refractivity contribution is -0.141. The average Bonchev–Trinajstić information content (AvgIpc) is 2.54. The number of aliphatic imine (C=N–C) groups is 1. The summed E-state index contributed by atoms with van der Waals surface area (Å²) in [6.07, 6.45) is 0.197. The summed E-state index contributed by atoms with van der Waals surface area (Å²) in [7, 11) is 0. The molecule has 0 aromatic heterocycles. The van der Waals surface area contributed by atoms with E-state index < -0.39 is 0 Å². The van der Waals surface area contributed by atoms with Crippen molar-refractivity contribution in [2.75, 3.05) is 6.61 Å². The van der Waals surface area contributed by atoms with Crippen LogP contribution in [0.5, 0.6) is 5.75 Å². The van der Waals surface area contributed by atoms with Crippen LogP contribution in [0.25, 0.3) is 0 Å². The van der Waals surface area contributed by atoms with Crippen molar-refractivity contribution in [3.63, 3.8) is 0 Å². The molecule has 0 heterocycles. The molecule has 0 aliphatic rings. The normalized spacial score (nSPS) is 11.1. The van der Waals surface area contributed by atoms with Gasteiger partial charge >= 0.3 is 5.97 Å². The molecule has 2 aromatic rings. The molecule has 0 saturated carbocycles. The Morgan fingerprint density at radius 3 is 2.61 bits per heavy atom. The third-order valence-electron chi connectivity index (χ3n) is 3.09. The maximum Gasteiger partial charge on any atom is 0.311 e. The molecule has 0 radical (unpaired) electrons. The third-order valence-corrected chi connectivity index (χ3v) is 3.09. The smallest absolute Gasteiger partial charge is 0.311 e. The van der Waals surface area contributed by atoms with Gasteiger partial charge in [-0.2, -0.15) is 0 Å². The van der Waals surface area contributed by atoms with Crippen molar-refractivity contribution in [2.24, 2.45) is 4.99 Å². The first-order valence-electron chi connectivity index (χ1n) is 7.64. The fourth-order valence-electron chi connectivity index (χ4n) is 2.06. The predicted molar refractivity (Wildman–Crippen MR) is 91.2 cm³/mol. The number of carbonyl (C=O) groups excluding carboxylic acids is 1. The highest BCUT2D eigenvalue weighted by molar-refractivity contribution is 5.98. The molecule has 4 heteroatoms. The second-order valence-corrected chi connectivity index (χ2v) is 5.10. The van der Waals surface area contributed by atoms with Gasteiger partial charge in [0.05, 0.1) is 18.7 Å². The van der Waals surface area contributed by atoms with E-state index in [1.807, 2.05) is 61.5 Å². The largest absolute Gasteiger partial charge is 0.489 e. The second-order valence-electron chi connectivity index (χ2n) is 5.10. The van der Waals surface area contributed by atoms with Crippen LogP contribution in [0.15, 0.2) is 59.6 Å². The number of rotatable bonds is 7. The van der Waals surface area contributed by atoms with Crippen molar-refractivity contribution in [2.45, 2.75) is 26.9 Å². The lowest BCUT2D eigenvalue weighted by atomic mass is 10.2. The molecule has 120 valence electrons. The Morgan fingerprint density at radius 2 is 1.87 bits per heavy atom. The number of esters is 1. The Hall–Kier alpha value is -2.62. The van der Waals surface area contributed by atoms with Crippen LogP contribution in [0.3, 0.4) is 0 Å². The number of hydrogen-bond acceptors (Lipinski definition) is 4. The molecule has 0 atom stereocenters. The van der Waals surface area contributed by atoms with Crippen LogP contribution in [0.4, 0.5) is 5.69 Å². The zero-order valence-electron chi connectivity index (χ0n) is 13.5. The summed E-state index contributed by atoms with van der Waals surface area (Å²) in [6, 6.07) is 17.5. The Labute approximate surface area is 136 Å². The number of nitrogens with zero attached hydrogens (tertiary/aromatic N) is 1. The summed E-state index contributed by atoms with van der Waals surface area (Å²) >= 11 is 0. The van der Waals surface area contributed by atoms with Crippen molar-refractivity contribution in [3.05, 3.63) is 60.2 Å². The first-order chi connectivity index (χ1) is 11.2. The lowest BCUT2D eigenvalue weighted by Gasteiger charge is -2.07. The topological polar surface area (TPSA) is 47.9 Å². The summed E-state index contributed by atoms with van der Waals surface area (Å²) in [4.78, 5) is 15.9. The summed E-state index contributed by atoms with van der Waals surface area (Å²) < 4.78 is 10.7. The molecule has 2 rings (SSSR count). The van der Waals surface area contributed by atoms with Crippen LogP contribution in [-0.2, 0) is 16.1 Å². The SMILES string of the molecule is CCOC(=O)CC(C)=Nc1cccc(OCc2ccccc2)c1. The summed E-state index contributed by atoms with van der Waals surface area (Å²) in [6.45, 7) is 4.50. The van der Waals surface area contributed by atoms with Crippen molar-refractivity contribution in [1.82, 2.24) is 0 Å². The highest BCUT2D eigenvalue weighted by atomic mass is 16.5. The monoisotopic (exact) mass is 311 g/mol. The number of benzene rings is 2. The van der Waals surface area contributed by atoms with Gasteiger partial charge in [-0.05, 0) is 31.5 Å². The van der Waals surface area contributed by atoms with E-state index in [9.17, 15) is 4.79 Å². The zero-order chi connectivity index (χ0) is 16.5. The predicted octanol–water partition coefficient (Wildman–Crippen LogP) is 4.31. The van der Waals surface area contributed by atoms with E-state index >= 15 is 0 Å². The van der Waals surface area contributed by atoms with Crippen molar-refractivity contribution in [3.8, 4) is 5.75 Å². The lowest BCUT2D eigenvalue weighted by Crippen LogP contribution is -2.08. The van der Waals surface area contributed by atoms with Crippen molar-refractivity contribution >= 4 is 17.4 Å². The van der Waals surface area contributed by atoms with Gasteiger partial charge in [0.25, 0.3) is 0 Å². The number of hydrogen-bond donors (Lipinski definition) is 0. The van der Waals surface area contributed by atoms with E-state index in [1.54, 1.807) is 6.92 Å². The van der Waals surface area contributed by atoms with Crippen molar-refractivity contribution in [1.29, 1.82) is 0 Å². The minimum atomic E-state index is -0.259. The fraction of sp³-hybridized carbons (Fsp3) is 0.263. The van der Waals surface area contributed by atoms with Gasteiger partial charge in [0.2, 0.25) is 0 Å². The standard InChI is InChI=1S/C19H21NO3/c1-3-22-19(21)12-15(2)20-17-10-7-11-18(13-17)23-14-16-8-5-4-6-9-16/h4-11,13H,3,12,14H2,1-2H3. The molecular weight excluding hydrogens is 290 g/mol. The molecule has 0 fully saturated rings. The van der Waals surface area contributed by atoms with Gasteiger partial charge in [0.15, 0.2) is 0 Å². The molecule has 0 spiro atoms. The van der Waals surface area contributed by atoms with E-state index in [0.717, 1.165) is 17.0 Å². The van der Waals surface area contributed by atoms with E-state index in [2.05, 4.69) is 4.99 Å².